The molecule has 0 saturated heterocycles. The lowest BCUT2D eigenvalue weighted by molar-refractivity contribution is -0.385. The first-order valence-electron chi connectivity index (χ1n) is 8.10. The molecule has 0 spiro atoms. The van der Waals surface area contributed by atoms with Crippen LogP contribution < -0.4 is 5.32 Å². The lowest BCUT2D eigenvalue weighted by atomic mass is 9.49. The second-order valence-electron chi connectivity index (χ2n) is 7.47. The number of aromatic hydroxyl groups is 1. The van der Waals surface area contributed by atoms with Crippen LogP contribution in [0.2, 0.25) is 0 Å². The Hall–Kier alpha value is -2.18. The molecule has 1 amide bonds. The summed E-state index contributed by atoms with van der Waals surface area (Å²) in [5, 5.41) is 23.3. The molecule has 7 heteroatoms. The van der Waals surface area contributed by atoms with Crippen molar-refractivity contribution in [2.75, 3.05) is 5.32 Å². The first kappa shape index (κ1) is 14.4. The Labute approximate surface area is 133 Å². The van der Waals surface area contributed by atoms with Crippen LogP contribution in [0.1, 0.15) is 38.5 Å². The lowest BCUT2D eigenvalue weighted by Gasteiger charge is -2.55. The van der Waals surface area contributed by atoms with Gasteiger partial charge in [0.1, 0.15) is 6.20 Å². The van der Waals surface area contributed by atoms with Crippen molar-refractivity contribution in [3.05, 3.63) is 22.4 Å². The van der Waals surface area contributed by atoms with Crippen LogP contribution in [0.15, 0.2) is 12.3 Å². The van der Waals surface area contributed by atoms with Gasteiger partial charge in [0.05, 0.1) is 16.4 Å². The van der Waals surface area contributed by atoms with Gasteiger partial charge in [-0.1, -0.05) is 0 Å². The van der Waals surface area contributed by atoms with Gasteiger partial charge >= 0.3 is 0 Å². The number of carbonyl (C=O) groups excluding carboxylic acids is 1. The Morgan fingerprint density at radius 2 is 1.83 bits per heavy atom. The zero-order chi connectivity index (χ0) is 16.2. The van der Waals surface area contributed by atoms with Crippen LogP contribution in [0.3, 0.4) is 0 Å². The number of hydrogen-bond donors (Lipinski definition) is 2. The maximum atomic E-state index is 12.8. The molecule has 0 aliphatic heterocycles. The molecule has 122 valence electrons. The van der Waals surface area contributed by atoms with Gasteiger partial charge in [0.2, 0.25) is 5.91 Å². The van der Waals surface area contributed by atoms with Gasteiger partial charge in [-0.3, -0.25) is 14.9 Å². The van der Waals surface area contributed by atoms with Crippen LogP contribution >= 0.6 is 0 Å². The van der Waals surface area contributed by atoms with Crippen LogP contribution in [0.4, 0.5) is 11.5 Å². The van der Waals surface area contributed by atoms with Crippen molar-refractivity contribution < 1.29 is 14.8 Å². The number of aromatic nitrogens is 1. The fraction of sp³-hybridized carbons (Fsp3) is 0.625. The SMILES string of the molecule is O=C(Nc1ncc([N+](=O)[O-])cc1O)C12CC3CC(CC(C3)C1)C2. The highest BCUT2D eigenvalue weighted by Gasteiger charge is 2.54. The Morgan fingerprint density at radius 3 is 2.30 bits per heavy atom. The van der Waals surface area contributed by atoms with Gasteiger partial charge in [-0.2, -0.15) is 0 Å². The molecule has 1 aromatic heterocycles. The largest absolute Gasteiger partial charge is 0.504 e. The highest BCUT2D eigenvalue weighted by atomic mass is 16.6. The molecule has 0 radical (unpaired) electrons. The number of nitro groups is 1. The van der Waals surface area contributed by atoms with E-state index >= 15 is 0 Å². The second-order valence-corrected chi connectivity index (χ2v) is 7.47. The molecule has 23 heavy (non-hydrogen) atoms. The second kappa shape index (κ2) is 4.91. The molecule has 0 aromatic carbocycles. The molecule has 5 rings (SSSR count). The van der Waals surface area contributed by atoms with E-state index in [2.05, 4.69) is 10.3 Å². The van der Waals surface area contributed by atoms with E-state index in [0.717, 1.165) is 31.5 Å². The predicted molar refractivity (Wildman–Crippen MR) is 81.8 cm³/mol. The molecule has 0 atom stereocenters. The predicted octanol–water partition coefficient (Wildman–Crippen LogP) is 2.85. The summed E-state index contributed by atoms with van der Waals surface area (Å²) in [7, 11) is 0. The fourth-order valence-corrected chi connectivity index (χ4v) is 5.27. The fourth-order valence-electron chi connectivity index (χ4n) is 5.27. The van der Waals surface area contributed by atoms with E-state index in [1.165, 1.54) is 19.3 Å². The van der Waals surface area contributed by atoms with Crippen LogP contribution in [0.5, 0.6) is 5.75 Å². The molecule has 4 fully saturated rings. The summed E-state index contributed by atoms with van der Waals surface area (Å²) in [5.74, 6) is 1.49. The van der Waals surface area contributed by atoms with E-state index in [1.54, 1.807) is 0 Å². The monoisotopic (exact) mass is 317 g/mol. The Kier molecular flexibility index (Phi) is 3.08. The number of pyridine rings is 1. The summed E-state index contributed by atoms with van der Waals surface area (Å²) in [6, 6.07) is 1.02. The average Bonchev–Trinajstić information content (AvgIpc) is 2.47. The van der Waals surface area contributed by atoms with Gasteiger partial charge < -0.3 is 10.4 Å². The minimum atomic E-state index is -0.628. The third kappa shape index (κ3) is 2.34. The molecule has 4 aliphatic carbocycles. The molecule has 4 aliphatic rings. The van der Waals surface area contributed by atoms with Crippen LogP contribution in [-0.2, 0) is 4.79 Å². The third-order valence-corrected chi connectivity index (χ3v) is 5.82. The van der Waals surface area contributed by atoms with Crippen molar-refractivity contribution in [2.45, 2.75) is 38.5 Å². The first-order chi connectivity index (χ1) is 10.9. The maximum absolute atomic E-state index is 12.8. The number of rotatable bonds is 3. The van der Waals surface area contributed by atoms with Crippen molar-refractivity contribution in [2.24, 2.45) is 23.2 Å². The molecule has 0 unspecified atom stereocenters. The molecular formula is C16H19N3O4. The van der Waals surface area contributed by atoms with E-state index in [0.29, 0.717) is 17.8 Å². The summed E-state index contributed by atoms with van der Waals surface area (Å²) >= 11 is 0. The Bertz CT molecular complexity index is 653. The summed E-state index contributed by atoms with van der Waals surface area (Å²) < 4.78 is 0. The number of amides is 1. The van der Waals surface area contributed by atoms with Crippen molar-refractivity contribution in [1.29, 1.82) is 0 Å². The maximum Gasteiger partial charge on any atom is 0.291 e. The van der Waals surface area contributed by atoms with Crippen molar-refractivity contribution in [3.63, 3.8) is 0 Å². The van der Waals surface area contributed by atoms with Gasteiger partial charge in [-0.05, 0) is 56.3 Å². The van der Waals surface area contributed by atoms with Gasteiger partial charge in [0.25, 0.3) is 5.69 Å². The molecule has 1 aromatic rings. The van der Waals surface area contributed by atoms with E-state index in [4.69, 9.17) is 0 Å². The Balaban J connectivity index is 1.55. The summed E-state index contributed by atoms with van der Waals surface area (Å²) in [4.78, 5) is 26.7. The van der Waals surface area contributed by atoms with E-state index < -0.39 is 4.92 Å². The van der Waals surface area contributed by atoms with E-state index in [9.17, 15) is 20.0 Å². The number of hydrogen-bond acceptors (Lipinski definition) is 5. The van der Waals surface area contributed by atoms with Crippen LogP contribution in [0.25, 0.3) is 0 Å². The number of carbonyl (C=O) groups is 1. The number of anilines is 1. The average molecular weight is 317 g/mol. The highest BCUT2D eigenvalue weighted by molar-refractivity contribution is 5.96. The minimum absolute atomic E-state index is 0.0105. The van der Waals surface area contributed by atoms with Crippen molar-refractivity contribution >= 4 is 17.4 Å². The number of nitrogens with zero attached hydrogens (tertiary/aromatic N) is 2. The van der Waals surface area contributed by atoms with Crippen molar-refractivity contribution in [3.8, 4) is 5.75 Å². The van der Waals surface area contributed by atoms with E-state index in [1.807, 2.05) is 0 Å². The van der Waals surface area contributed by atoms with E-state index in [-0.39, 0.29) is 28.6 Å². The molecule has 4 saturated carbocycles. The molecule has 1 heterocycles. The first-order valence-corrected chi connectivity index (χ1v) is 8.10. The smallest absolute Gasteiger partial charge is 0.291 e. The van der Waals surface area contributed by atoms with Gasteiger partial charge in [-0.25, -0.2) is 4.98 Å². The molecular weight excluding hydrogens is 298 g/mol. The summed E-state index contributed by atoms with van der Waals surface area (Å²) in [6.07, 6.45) is 7.53. The zero-order valence-electron chi connectivity index (χ0n) is 12.7. The van der Waals surface area contributed by atoms with Gasteiger partial charge in [0.15, 0.2) is 11.6 Å². The summed E-state index contributed by atoms with van der Waals surface area (Å²) in [5.41, 5.74) is -0.639. The minimum Gasteiger partial charge on any atom is -0.504 e. The quantitative estimate of drug-likeness (QED) is 0.658. The molecule has 4 bridgehead atoms. The van der Waals surface area contributed by atoms with Gasteiger partial charge in [0, 0.05) is 0 Å². The molecule has 2 N–H and O–H groups in total. The topological polar surface area (TPSA) is 105 Å². The van der Waals surface area contributed by atoms with Crippen molar-refractivity contribution in [1.82, 2.24) is 4.98 Å². The standard InChI is InChI=1S/C16H19N3O4/c20-13-4-12(19(22)23)8-17-14(13)18-15(21)16-5-9-1-10(6-16)3-11(2-9)7-16/h4,8-11,20H,1-3,5-7H2,(H,17,18,21). The lowest BCUT2D eigenvalue weighted by Crippen LogP contribution is -2.51. The third-order valence-electron chi connectivity index (χ3n) is 5.82. The summed E-state index contributed by atoms with van der Waals surface area (Å²) in [6.45, 7) is 0. The molecule has 7 nitrogen and oxygen atoms in total. The Morgan fingerprint density at radius 1 is 1.26 bits per heavy atom. The zero-order valence-corrected chi connectivity index (χ0v) is 12.7. The highest BCUT2D eigenvalue weighted by Crippen LogP contribution is 2.60. The normalized spacial score (nSPS) is 34.3. The van der Waals surface area contributed by atoms with Crippen LogP contribution in [-0.4, -0.2) is 20.9 Å². The number of nitrogens with one attached hydrogen (secondary N) is 1. The van der Waals surface area contributed by atoms with Crippen LogP contribution in [0, 0.1) is 33.3 Å². The van der Waals surface area contributed by atoms with Gasteiger partial charge in [-0.15, -0.1) is 0 Å².